The van der Waals surface area contributed by atoms with Crippen LogP contribution in [0.2, 0.25) is 0 Å². The number of carbonyl (C=O) groups excluding carboxylic acids is 1. The normalized spacial score (nSPS) is 17.9. The highest BCUT2D eigenvalue weighted by Gasteiger charge is 2.23. The van der Waals surface area contributed by atoms with E-state index >= 15 is 0 Å². The van der Waals surface area contributed by atoms with Crippen LogP contribution in [0.15, 0.2) is 38.9 Å². The van der Waals surface area contributed by atoms with Gasteiger partial charge in [-0.2, -0.15) is 0 Å². The average molecular weight is 206 g/mol. The fraction of sp³-hybridized carbons (Fsp3) is 0.333. The number of hydrogen-bond acceptors (Lipinski definition) is 5. The second-order valence-corrected chi connectivity index (χ2v) is 3.14. The molecule has 0 aromatic rings. The summed E-state index contributed by atoms with van der Waals surface area (Å²) in [5.74, 6) is -0.178. The summed E-state index contributed by atoms with van der Waals surface area (Å²) in [7, 11) is 3.01. The van der Waals surface area contributed by atoms with E-state index in [-0.39, 0.29) is 5.91 Å². The number of amides is 1. The maximum Gasteiger partial charge on any atom is 0.273 e. The van der Waals surface area contributed by atoms with E-state index in [2.05, 4.69) is 15.4 Å². The number of allylic oxidation sites excluding steroid dienone is 3. The highest BCUT2D eigenvalue weighted by molar-refractivity contribution is 6.09. The summed E-state index contributed by atoms with van der Waals surface area (Å²) in [6.07, 6.45) is 3.90. The molecule has 1 aliphatic carbocycles. The molecule has 0 bridgehead atoms. The number of likely N-dealkylation sites (N-methyl/N-ethyl adjacent to an activating group) is 1. The number of carbonyl (C=O) groups is 1. The van der Waals surface area contributed by atoms with Gasteiger partial charge in [-0.25, -0.2) is 5.06 Å². The van der Waals surface area contributed by atoms with Gasteiger partial charge < -0.3 is 0 Å². The van der Waals surface area contributed by atoms with Crippen LogP contribution in [-0.4, -0.2) is 30.8 Å². The lowest BCUT2D eigenvalue weighted by molar-refractivity contribution is -0.164. The second-order valence-electron chi connectivity index (χ2n) is 3.14. The lowest BCUT2D eigenvalue weighted by atomic mass is 10.0. The zero-order valence-corrected chi connectivity index (χ0v) is 8.47. The third-order valence-corrected chi connectivity index (χ3v) is 2.25. The van der Waals surface area contributed by atoms with Gasteiger partial charge in [0.1, 0.15) is 5.70 Å². The third-order valence-electron chi connectivity index (χ3n) is 2.25. The van der Waals surface area contributed by atoms with Gasteiger partial charge in [-0.15, -0.1) is 10.2 Å². The molecule has 15 heavy (non-hydrogen) atoms. The first-order valence-corrected chi connectivity index (χ1v) is 4.43. The molecular weight excluding hydrogens is 196 g/mol. The summed E-state index contributed by atoms with van der Waals surface area (Å²) >= 11 is 0. The van der Waals surface area contributed by atoms with Gasteiger partial charge in [-0.3, -0.25) is 9.63 Å². The number of hydroxylamine groups is 2. The van der Waals surface area contributed by atoms with Crippen LogP contribution < -0.4 is 0 Å². The molecule has 78 valence electrons. The predicted octanol–water partition coefficient (Wildman–Crippen LogP) is 1.04. The zero-order chi connectivity index (χ0) is 10.8. The van der Waals surface area contributed by atoms with Gasteiger partial charge in [0.05, 0.1) is 12.8 Å². The van der Waals surface area contributed by atoms with Gasteiger partial charge in [0.25, 0.3) is 5.91 Å². The van der Waals surface area contributed by atoms with Crippen LogP contribution in [0.5, 0.6) is 0 Å². The molecule has 0 saturated carbocycles. The molecule has 0 radical (unpaired) electrons. The number of nitrogens with zero attached hydrogens (tertiary/aromatic N) is 4. The van der Waals surface area contributed by atoms with E-state index in [9.17, 15) is 4.79 Å². The molecule has 0 fully saturated rings. The van der Waals surface area contributed by atoms with Crippen molar-refractivity contribution in [3.8, 4) is 0 Å². The van der Waals surface area contributed by atoms with Gasteiger partial charge in [0.15, 0.2) is 0 Å². The van der Waals surface area contributed by atoms with Crippen molar-refractivity contribution >= 4 is 11.6 Å². The summed E-state index contributed by atoms with van der Waals surface area (Å²) in [5, 5.41) is 12.3. The highest BCUT2D eigenvalue weighted by atomic mass is 16.7. The Labute approximate surface area is 86.6 Å². The molecule has 0 unspecified atom stereocenters. The fourth-order valence-electron chi connectivity index (χ4n) is 1.34. The molecule has 1 aliphatic heterocycles. The Morgan fingerprint density at radius 1 is 1.53 bits per heavy atom. The smallest absolute Gasteiger partial charge is 0.273 e. The molecule has 0 saturated heterocycles. The Morgan fingerprint density at radius 2 is 2.33 bits per heavy atom. The minimum Gasteiger partial charge on any atom is -0.274 e. The van der Waals surface area contributed by atoms with Gasteiger partial charge in [0, 0.05) is 19.0 Å². The molecule has 2 rings (SSSR count). The first-order valence-electron chi connectivity index (χ1n) is 4.43. The Bertz CT molecular complexity index is 420. The molecule has 0 aromatic heterocycles. The first kappa shape index (κ1) is 9.72. The van der Waals surface area contributed by atoms with Crippen molar-refractivity contribution in [1.29, 1.82) is 0 Å². The van der Waals surface area contributed by atoms with Crippen LogP contribution in [0.25, 0.3) is 0 Å². The summed E-state index contributed by atoms with van der Waals surface area (Å²) in [5.41, 5.74) is 2.08. The molecule has 0 aromatic carbocycles. The summed E-state index contributed by atoms with van der Waals surface area (Å²) in [6, 6.07) is 0. The molecular formula is C9H10N4O2. The van der Waals surface area contributed by atoms with E-state index in [0.717, 1.165) is 11.4 Å². The average Bonchev–Trinajstić information content (AvgIpc) is 2.73. The molecule has 1 heterocycles. The van der Waals surface area contributed by atoms with E-state index in [0.29, 0.717) is 12.0 Å². The minimum atomic E-state index is -0.178. The fourth-order valence-corrected chi connectivity index (χ4v) is 1.34. The second kappa shape index (κ2) is 3.74. The number of fused-ring (bicyclic) bond motifs is 1. The highest BCUT2D eigenvalue weighted by Crippen LogP contribution is 2.22. The van der Waals surface area contributed by atoms with Crippen molar-refractivity contribution in [2.45, 2.75) is 6.42 Å². The quantitative estimate of drug-likeness (QED) is 0.633. The van der Waals surface area contributed by atoms with Crippen LogP contribution in [0.3, 0.4) is 0 Å². The maximum atomic E-state index is 11.7. The van der Waals surface area contributed by atoms with Gasteiger partial charge in [-0.05, 0) is 11.3 Å². The number of rotatable bonds is 2. The van der Waals surface area contributed by atoms with Crippen LogP contribution >= 0.6 is 0 Å². The van der Waals surface area contributed by atoms with E-state index in [1.165, 1.54) is 12.2 Å². The molecule has 0 N–H and O–H groups in total. The SMILES string of the molecule is CON(C)C(=O)C1=CC=C2N=NN=C2C1. The van der Waals surface area contributed by atoms with Crippen molar-refractivity contribution < 1.29 is 9.63 Å². The van der Waals surface area contributed by atoms with Crippen molar-refractivity contribution in [2.24, 2.45) is 15.4 Å². The largest absolute Gasteiger partial charge is 0.274 e. The third kappa shape index (κ3) is 1.71. The number of hydrogen-bond donors (Lipinski definition) is 0. The molecule has 6 nitrogen and oxygen atoms in total. The first-order chi connectivity index (χ1) is 7.22. The van der Waals surface area contributed by atoms with Crippen LogP contribution in [0.4, 0.5) is 0 Å². The molecule has 0 spiro atoms. The Kier molecular flexibility index (Phi) is 2.42. The van der Waals surface area contributed by atoms with Crippen molar-refractivity contribution in [3.63, 3.8) is 0 Å². The molecule has 6 heteroatoms. The van der Waals surface area contributed by atoms with Crippen molar-refractivity contribution in [1.82, 2.24) is 5.06 Å². The van der Waals surface area contributed by atoms with E-state index in [4.69, 9.17) is 4.84 Å². The molecule has 2 aliphatic rings. The lowest BCUT2D eigenvalue weighted by Crippen LogP contribution is -2.28. The maximum absolute atomic E-state index is 11.7. The van der Waals surface area contributed by atoms with Crippen LogP contribution in [-0.2, 0) is 9.63 Å². The van der Waals surface area contributed by atoms with Gasteiger partial charge >= 0.3 is 0 Å². The monoisotopic (exact) mass is 206 g/mol. The molecule has 1 amide bonds. The standard InChI is InChI=1S/C9H10N4O2/c1-13(15-2)9(14)6-3-4-7-8(5-6)11-12-10-7/h3-4H,5H2,1-2H3. The predicted molar refractivity (Wildman–Crippen MR) is 52.9 cm³/mol. The molecule has 0 atom stereocenters. The Hall–Kier alpha value is -1.82. The van der Waals surface area contributed by atoms with Crippen molar-refractivity contribution in [3.05, 3.63) is 23.4 Å². The van der Waals surface area contributed by atoms with E-state index < -0.39 is 0 Å². The Balaban J connectivity index is 2.18. The topological polar surface area (TPSA) is 66.6 Å². The van der Waals surface area contributed by atoms with Gasteiger partial charge in [0.2, 0.25) is 0 Å². The summed E-state index contributed by atoms with van der Waals surface area (Å²) in [6.45, 7) is 0. The van der Waals surface area contributed by atoms with Gasteiger partial charge in [-0.1, -0.05) is 6.08 Å². The van der Waals surface area contributed by atoms with Crippen LogP contribution in [0, 0.1) is 0 Å². The van der Waals surface area contributed by atoms with E-state index in [1.54, 1.807) is 19.2 Å². The summed E-state index contributed by atoms with van der Waals surface area (Å²) < 4.78 is 0. The summed E-state index contributed by atoms with van der Waals surface area (Å²) in [4.78, 5) is 16.5. The zero-order valence-electron chi connectivity index (χ0n) is 8.47. The minimum absolute atomic E-state index is 0.178. The lowest BCUT2D eigenvalue weighted by Gasteiger charge is -2.17. The van der Waals surface area contributed by atoms with Crippen LogP contribution in [0.1, 0.15) is 6.42 Å². The Morgan fingerprint density at radius 3 is 3.07 bits per heavy atom. The van der Waals surface area contributed by atoms with Crippen molar-refractivity contribution in [2.75, 3.05) is 14.2 Å². The van der Waals surface area contributed by atoms with E-state index in [1.807, 2.05) is 0 Å².